The van der Waals surface area contributed by atoms with E-state index in [1.54, 1.807) is 40.8 Å². The molecular weight excluding hydrogens is 432 g/mol. The molecule has 1 saturated carbocycles. The summed E-state index contributed by atoms with van der Waals surface area (Å²) < 4.78 is 14.9. The summed E-state index contributed by atoms with van der Waals surface area (Å²) in [5.41, 5.74) is 4.29. The summed E-state index contributed by atoms with van der Waals surface area (Å²) in [5, 5.41) is 11.9. The number of tetrazole rings is 1. The minimum atomic E-state index is -0.752. The van der Waals surface area contributed by atoms with E-state index in [4.69, 9.17) is 19.9 Å². The third-order valence-electron chi connectivity index (χ3n) is 5.29. The van der Waals surface area contributed by atoms with Crippen LogP contribution in [0.4, 0.5) is 4.79 Å². The fourth-order valence-electron chi connectivity index (χ4n) is 3.47. The van der Waals surface area contributed by atoms with E-state index in [9.17, 15) is 14.4 Å². The second kappa shape index (κ2) is 10.3. The second-order valence-corrected chi connectivity index (χ2v) is 9.05. The lowest BCUT2D eigenvalue weighted by atomic mass is 10.1. The Morgan fingerprint density at radius 3 is 2.45 bits per heavy atom. The smallest absolute Gasteiger partial charge is 0.411 e. The van der Waals surface area contributed by atoms with Crippen LogP contribution in [-0.4, -0.2) is 80.6 Å². The highest BCUT2D eigenvalue weighted by molar-refractivity contribution is 5.85. The maximum atomic E-state index is 12.3. The topological polar surface area (TPSA) is 152 Å². The lowest BCUT2D eigenvalue weighted by molar-refractivity contribution is -0.146. The number of aromatic nitrogens is 4. The number of methoxy groups -OCH3 is 1. The van der Waals surface area contributed by atoms with E-state index in [2.05, 4.69) is 22.0 Å². The largest absolute Gasteiger partial charge is 0.467 e. The number of carbonyl (C=O) groups excluding carboxylic acids is 3. The molecule has 1 aromatic heterocycles. The number of carbonyl (C=O) groups is 3. The number of nitrogens with two attached hydrogens (primary N) is 1. The molecule has 1 aliphatic carbocycles. The van der Waals surface area contributed by atoms with Crippen molar-refractivity contribution in [2.24, 2.45) is 18.7 Å². The van der Waals surface area contributed by atoms with Gasteiger partial charge in [0.2, 0.25) is 0 Å². The first kappa shape index (κ1) is 26.2. The minimum Gasteiger partial charge on any atom is -0.467 e. The Hall–Kier alpha value is -3.02. The Morgan fingerprint density at radius 2 is 2.00 bits per heavy atom. The van der Waals surface area contributed by atoms with Gasteiger partial charge in [-0.3, -0.25) is 9.69 Å². The second-order valence-electron chi connectivity index (χ2n) is 9.05. The maximum absolute atomic E-state index is 12.3. The highest BCUT2D eigenvalue weighted by atomic mass is 16.6. The van der Waals surface area contributed by atoms with Gasteiger partial charge in [-0.2, -0.15) is 4.80 Å². The summed E-state index contributed by atoms with van der Waals surface area (Å²) in [5.74, 6) is -0.337. The van der Waals surface area contributed by atoms with Crippen LogP contribution >= 0.6 is 0 Å². The number of rotatable bonds is 5. The zero-order chi connectivity index (χ0) is 25.0. The van der Waals surface area contributed by atoms with Gasteiger partial charge in [0.05, 0.1) is 20.8 Å². The normalized spacial score (nSPS) is 26.0. The van der Waals surface area contributed by atoms with Crippen molar-refractivity contribution in [2.75, 3.05) is 20.3 Å². The van der Waals surface area contributed by atoms with Gasteiger partial charge in [0.15, 0.2) is 5.82 Å². The molecule has 184 valence electrons. The molecule has 0 radical (unpaired) electrons. The molecule has 0 aromatic carbocycles. The molecule has 2 fully saturated rings. The number of ether oxygens (including phenoxy) is 3. The molecular formula is C21H34N6O6. The van der Waals surface area contributed by atoms with Crippen molar-refractivity contribution in [1.29, 1.82) is 0 Å². The molecule has 2 N–H and O–H groups in total. The van der Waals surface area contributed by atoms with E-state index < -0.39 is 29.2 Å². The molecule has 1 aromatic rings. The molecule has 1 aliphatic heterocycles. The third-order valence-corrected chi connectivity index (χ3v) is 5.29. The first-order valence-corrected chi connectivity index (χ1v) is 10.8. The van der Waals surface area contributed by atoms with Crippen molar-refractivity contribution in [1.82, 2.24) is 25.1 Å². The average molecular weight is 467 g/mol. The number of likely N-dealkylation sites (tertiary alicyclic amines) is 1. The van der Waals surface area contributed by atoms with Crippen LogP contribution in [-0.2, 0) is 30.8 Å². The van der Waals surface area contributed by atoms with Crippen LogP contribution < -0.4 is 5.73 Å². The van der Waals surface area contributed by atoms with E-state index in [0.717, 1.165) is 0 Å². The molecule has 0 spiro atoms. The van der Waals surface area contributed by atoms with E-state index in [1.165, 1.54) is 16.8 Å². The van der Waals surface area contributed by atoms with Gasteiger partial charge in [0, 0.05) is 18.4 Å². The van der Waals surface area contributed by atoms with Crippen LogP contribution in [0.2, 0.25) is 0 Å². The summed E-state index contributed by atoms with van der Waals surface area (Å²) in [7, 11) is 2.96. The number of hydrogen-bond acceptors (Lipinski definition) is 10. The number of hydrogen-bond donors (Lipinski definition) is 1. The molecule has 2 aliphatic rings. The van der Waals surface area contributed by atoms with Gasteiger partial charge in [-0.05, 0) is 45.7 Å². The van der Waals surface area contributed by atoms with Crippen molar-refractivity contribution in [3.63, 3.8) is 0 Å². The number of nitrogens with zero attached hydrogens (tertiary/aromatic N) is 5. The van der Waals surface area contributed by atoms with Gasteiger partial charge in [0.1, 0.15) is 17.2 Å². The predicted molar refractivity (Wildman–Crippen MR) is 117 cm³/mol. The summed E-state index contributed by atoms with van der Waals surface area (Å²) in [4.78, 5) is 38.1. The number of aryl methyl sites for hydroxylation is 1. The summed E-state index contributed by atoms with van der Waals surface area (Å²) in [6, 6.07) is -0.700. The maximum Gasteiger partial charge on any atom is 0.411 e. The van der Waals surface area contributed by atoms with Gasteiger partial charge in [-0.15, -0.1) is 16.8 Å². The van der Waals surface area contributed by atoms with E-state index in [1.807, 2.05) is 0 Å². The summed E-state index contributed by atoms with van der Waals surface area (Å²) >= 11 is 0. The van der Waals surface area contributed by atoms with Crippen LogP contribution in [0.5, 0.6) is 0 Å². The molecule has 0 bridgehead atoms. The molecule has 3 rings (SSSR count). The van der Waals surface area contributed by atoms with Gasteiger partial charge >= 0.3 is 18.0 Å². The first-order valence-electron chi connectivity index (χ1n) is 10.8. The van der Waals surface area contributed by atoms with Crippen LogP contribution in [0.25, 0.3) is 0 Å². The molecule has 4 atom stereocenters. The van der Waals surface area contributed by atoms with Crippen molar-refractivity contribution in [3.8, 4) is 0 Å². The van der Waals surface area contributed by atoms with Gasteiger partial charge < -0.3 is 19.9 Å². The Kier molecular flexibility index (Phi) is 8.17. The summed E-state index contributed by atoms with van der Waals surface area (Å²) in [6.45, 7) is 11.3. The van der Waals surface area contributed by atoms with Gasteiger partial charge in [0.25, 0.3) is 0 Å². The van der Waals surface area contributed by atoms with Crippen molar-refractivity contribution in [2.45, 2.75) is 63.6 Å². The van der Waals surface area contributed by atoms with Crippen molar-refractivity contribution >= 4 is 18.0 Å². The van der Waals surface area contributed by atoms with Crippen LogP contribution in [0.15, 0.2) is 12.7 Å². The zero-order valence-electron chi connectivity index (χ0n) is 20.1. The molecule has 12 nitrogen and oxygen atoms in total. The van der Waals surface area contributed by atoms with Gasteiger partial charge in [-0.25, -0.2) is 9.59 Å². The SMILES string of the molecule is C=C[C@@H]1C[C@]1(N)C(=O)OCC.COC(=O)[C@H]1C[C@@H](c2nnn(C)n2)CN1C(=O)OC(C)(C)C. The third kappa shape index (κ3) is 6.50. The van der Waals surface area contributed by atoms with E-state index >= 15 is 0 Å². The Bertz CT molecular complexity index is 881. The molecule has 1 amide bonds. The monoisotopic (exact) mass is 466 g/mol. The average Bonchev–Trinajstić information content (AvgIpc) is 3.06. The first-order chi connectivity index (χ1) is 15.4. The Morgan fingerprint density at radius 1 is 1.33 bits per heavy atom. The highest BCUT2D eigenvalue weighted by Crippen LogP contribution is 2.42. The highest BCUT2D eigenvalue weighted by Gasteiger charge is 2.56. The minimum absolute atomic E-state index is 0.113. The van der Waals surface area contributed by atoms with Crippen molar-refractivity contribution < 1.29 is 28.6 Å². The number of amides is 1. The molecule has 1 saturated heterocycles. The standard InChI is InChI=1S/C13H21N5O4.C8H13NO2/c1-13(2,3)22-12(20)18-7-8(6-9(18)11(19)21-5)10-14-16-17(4)15-10;1-3-6-5-8(6,9)7(10)11-4-2/h8-9H,6-7H2,1-5H3;3,6H,1,4-5,9H2,2H3/t8-,9-;6-,8-/m11/s1. The van der Waals surface area contributed by atoms with Crippen LogP contribution in [0.1, 0.15) is 52.3 Å². The van der Waals surface area contributed by atoms with Crippen molar-refractivity contribution in [3.05, 3.63) is 18.5 Å². The van der Waals surface area contributed by atoms with Crippen LogP contribution in [0.3, 0.4) is 0 Å². The Labute approximate surface area is 193 Å². The van der Waals surface area contributed by atoms with E-state index in [0.29, 0.717) is 31.8 Å². The van der Waals surface area contributed by atoms with Gasteiger partial charge in [-0.1, -0.05) is 6.08 Å². The van der Waals surface area contributed by atoms with Crippen LogP contribution in [0, 0.1) is 5.92 Å². The zero-order valence-corrected chi connectivity index (χ0v) is 20.1. The Balaban J connectivity index is 0.000000294. The molecule has 2 heterocycles. The molecule has 0 unspecified atom stereocenters. The van der Waals surface area contributed by atoms with E-state index in [-0.39, 0.29) is 17.8 Å². The quantitative estimate of drug-likeness (QED) is 0.377. The molecule has 12 heteroatoms. The fraction of sp³-hybridized carbons (Fsp3) is 0.714. The lowest BCUT2D eigenvalue weighted by Crippen LogP contribution is -2.43. The lowest BCUT2D eigenvalue weighted by Gasteiger charge is -2.27. The fourth-order valence-corrected chi connectivity index (χ4v) is 3.47. The summed E-state index contributed by atoms with van der Waals surface area (Å²) in [6.07, 6.45) is 2.22. The predicted octanol–water partition coefficient (Wildman–Crippen LogP) is 0.929. The molecule has 33 heavy (non-hydrogen) atoms. The number of esters is 2.